The summed E-state index contributed by atoms with van der Waals surface area (Å²) in [4.78, 5) is 0. The van der Waals surface area contributed by atoms with Gasteiger partial charge in [-0.2, -0.15) is 0 Å². The average molecular weight is 227 g/mol. The molecule has 3 heteroatoms. The number of ether oxygens (including phenoxy) is 2. The second-order valence-electron chi connectivity index (χ2n) is 5.07. The van der Waals surface area contributed by atoms with E-state index in [-0.39, 0.29) is 0 Å². The van der Waals surface area contributed by atoms with E-state index in [4.69, 9.17) is 9.47 Å². The first-order valence-electron chi connectivity index (χ1n) is 6.85. The largest absolute Gasteiger partial charge is 0.376 e. The van der Waals surface area contributed by atoms with Crippen molar-refractivity contribution in [2.24, 2.45) is 0 Å². The number of hydrogen-bond donors (Lipinski definition) is 1. The van der Waals surface area contributed by atoms with Gasteiger partial charge in [-0.1, -0.05) is 6.92 Å². The van der Waals surface area contributed by atoms with Gasteiger partial charge in [-0.25, -0.2) is 0 Å². The first-order chi connectivity index (χ1) is 7.88. The van der Waals surface area contributed by atoms with Crippen molar-refractivity contribution in [1.82, 2.24) is 5.32 Å². The quantitative estimate of drug-likeness (QED) is 0.754. The van der Waals surface area contributed by atoms with Crippen molar-refractivity contribution in [3.63, 3.8) is 0 Å². The van der Waals surface area contributed by atoms with Crippen LogP contribution in [0.1, 0.15) is 45.4 Å². The Labute approximate surface area is 98.9 Å². The van der Waals surface area contributed by atoms with Crippen molar-refractivity contribution in [1.29, 1.82) is 0 Å². The van der Waals surface area contributed by atoms with Crippen LogP contribution < -0.4 is 5.32 Å². The van der Waals surface area contributed by atoms with Crippen molar-refractivity contribution in [3.8, 4) is 0 Å². The summed E-state index contributed by atoms with van der Waals surface area (Å²) in [6, 6.07) is 0.706. The minimum atomic E-state index is 0.372. The highest BCUT2D eigenvalue weighted by molar-refractivity contribution is 4.86. The third-order valence-corrected chi connectivity index (χ3v) is 3.57. The summed E-state index contributed by atoms with van der Waals surface area (Å²) in [7, 11) is 0. The summed E-state index contributed by atoms with van der Waals surface area (Å²) < 4.78 is 11.5. The first-order valence-corrected chi connectivity index (χ1v) is 6.85. The Bertz CT molecular complexity index is 186. The van der Waals surface area contributed by atoms with E-state index in [1.165, 1.54) is 38.5 Å². The average Bonchev–Trinajstić information content (AvgIpc) is 2.28. The molecule has 0 bridgehead atoms. The molecule has 0 aromatic carbocycles. The molecule has 16 heavy (non-hydrogen) atoms. The van der Waals surface area contributed by atoms with E-state index in [1.54, 1.807) is 0 Å². The fourth-order valence-corrected chi connectivity index (χ4v) is 2.40. The second-order valence-corrected chi connectivity index (χ2v) is 5.07. The highest BCUT2D eigenvalue weighted by atomic mass is 16.5. The normalized spacial score (nSPS) is 34.7. The molecule has 1 atom stereocenters. The van der Waals surface area contributed by atoms with Gasteiger partial charge in [0.1, 0.15) is 0 Å². The molecule has 1 unspecified atom stereocenters. The van der Waals surface area contributed by atoms with Crippen LogP contribution in [-0.2, 0) is 9.47 Å². The fourth-order valence-electron chi connectivity index (χ4n) is 2.40. The molecule has 3 nitrogen and oxygen atoms in total. The Kier molecular flexibility index (Phi) is 5.07. The molecule has 2 aliphatic rings. The van der Waals surface area contributed by atoms with Gasteiger partial charge in [0.25, 0.3) is 0 Å². The van der Waals surface area contributed by atoms with Crippen LogP contribution in [0.2, 0.25) is 0 Å². The first kappa shape index (κ1) is 12.3. The molecule has 2 fully saturated rings. The van der Waals surface area contributed by atoms with Crippen molar-refractivity contribution in [2.45, 2.75) is 63.7 Å². The minimum absolute atomic E-state index is 0.372. The predicted molar refractivity (Wildman–Crippen MR) is 64.6 cm³/mol. The van der Waals surface area contributed by atoms with E-state index in [1.807, 2.05) is 0 Å². The molecule has 0 spiro atoms. The highest BCUT2D eigenvalue weighted by Crippen LogP contribution is 2.24. The Hall–Kier alpha value is -0.120. The molecule has 2 rings (SSSR count). The number of hydrogen-bond acceptors (Lipinski definition) is 3. The zero-order valence-corrected chi connectivity index (χ0v) is 10.4. The van der Waals surface area contributed by atoms with Gasteiger partial charge >= 0.3 is 0 Å². The summed E-state index contributed by atoms with van der Waals surface area (Å²) in [6.07, 6.45) is 8.17. The van der Waals surface area contributed by atoms with Crippen LogP contribution in [-0.4, -0.2) is 38.0 Å². The van der Waals surface area contributed by atoms with Crippen molar-refractivity contribution in [2.75, 3.05) is 19.8 Å². The summed E-state index contributed by atoms with van der Waals surface area (Å²) in [5.41, 5.74) is 0. The Morgan fingerprint density at radius 1 is 1.31 bits per heavy atom. The maximum atomic E-state index is 5.86. The maximum Gasteiger partial charge on any atom is 0.0808 e. The topological polar surface area (TPSA) is 30.5 Å². The lowest BCUT2D eigenvalue weighted by Gasteiger charge is -2.37. The summed E-state index contributed by atoms with van der Waals surface area (Å²) >= 11 is 0. The lowest BCUT2D eigenvalue weighted by molar-refractivity contribution is -0.0873. The van der Waals surface area contributed by atoms with Crippen molar-refractivity contribution < 1.29 is 9.47 Å². The van der Waals surface area contributed by atoms with Crippen LogP contribution in [0, 0.1) is 0 Å². The fraction of sp³-hybridized carbons (Fsp3) is 1.00. The molecule has 1 heterocycles. The minimum Gasteiger partial charge on any atom is -0.376 e. The smallest absolute Gasteiger partial charge is 0.0808 e. The molecule has 1 saturated carbocycles. The SMILES string of the molecule is CCCNC1CC(OCC2CCCCO2)C1. The molecule has 0 aromatic rings. The number of rotatable bonds is 6. The van der Waals surface area contributed by atoms with E-state index < -0.39 is 0 Å². The van der Waals surface area contributed by atoms with Gasteiger partial charge in [0.05, 0.1) is 18.8 Å². The molecule has 1 aliphatic carbocycles. The Morgan fingerprint density at radius 2 is 2.19 bits per heavy atom. The molecule has 0 radical (unpaired) electrons. The van der Waals surface area contributed by atoms with E-state index in [0.717, 1.165) is 19.8 Å². The van der Waals surface area contributed by atoms with Crippen LogP contribution in [0.3, 0.4) is 0 Å². The van der Waals surface area contributed by atoms with Gasteiger partial charge in [0.2, 0.25) is 0 Å². The standard InChI is InChI=1S/C13H25NO2/c1-2-6-14-11-8-13(9-11)16-10-12-5-3-4-7-15-12/h11-14H,2-10H2,1H3. The van der Waals surface area contributed by atoms with Gasteiger partial charge in [-0.05, 0) is 45.1 Å². The lowest BCUT2D eigenvalue weighted by Crippen LogP contribution is -2.46. The summed E-state index contributed by atoms with van der Waals surface area (Å²) in [6.45, 7) is 5.09. The summed E-state index contributed by atoms with van der Waals surface area (Å²) in [5.74, 6) is 0. The van der Waals surface area contributed by atoms with Gasteiger partial charge in [0, 0.05) is 12.6 Å². The molecular weight excluding hydrogens is 202 g/mol. The maximum absolute atomic E-state index is 5.86. The van der Waals surface area contributed by atoms with Crippen molar-refractivity contribution in [3.05, 3.63) is 0 Å². The van der Waals surface area contributed by atoms with E-state index >= 15 is 0 Å². The highest BCUT2D eigenvalue weighted by Gasteiger charge is 2.30. The Morgan fingerprint density at radius 3 is 2.88 bits per heavy atom. The molecule has 94 valence electrons. The van der Waals surface area contributed by atoms with Crippen LogP contribution in [0.5, 0.6) is 0 Å². The van der Waals surface area contributed by atoms with Gasteiger partial charge in [-0.15, -0.1) is 0 Å². The predicted octanol–water partition coefficient (Wildman–Crippen LogP) is 2.10. The Balaban J connectivity index is 1.49. The third-order valence-electron chi connectivity index (χ3n) is 3.57. The van der Waals surface area contributed by atoms with Gasteiger partial charge in [-0.3, -0.25) is 0 Å². The molecule has 1 aliphatic heterocycles. The molecular formula is C13H25NO2. The van der Waals surface area contributed by atoms with Crippen molar-refractivity contribution >= 4 is 0 Å². The molecule has 0 amide bonds. The zero-order chi connectivity index (χ0) is 11.2. The zero-order valence-electron chi connectivity index (χ0n) is 10.4. The lowest BCUT2D eigenvalue weighted by atomic mass is 9.89. The van der Waals surface area contributed by atoms with Crippen LogP contribution in [0.15, 0.2) is 0 Å². The van der Waals surface area contributed by atoms with Gasteiger partial charge in [0.15, 0.2) is 0 Å². The number of nitrogens with one attached hydrogen (secondary N) is 1. The second kappa shape index (κ2) is 6.58. The van der Waals surface area contributed by atoms with E-state index in [0.29, 0.717) is 18.2 Å². The van der Waals surface area contributed by atoms with Crippen LogP contribution in [0.4, 0.5) is 0 Å². The third kappa shape index (κ3) is 3.72. The molecule has 1 saturated heterocycles. The monoisotopic (exact) mass is 227 g/mol. The summed E-state index contributed by atoms with van der Waals surface area (Å²) in [5, 5.41) is 3.53. The molecule has 1 N–H and O–H groups in total. The van der Waals surface area contributed by atoms with Crippen LogP contribution >= 0.6 is 0 Å². The molecule has 0 aromatic heterocycles. The van der Waals surface area contributed by atoms with Crippen LogP contribution in [0.25, 0.3) is 0 Å². The van der Waals surface area contributed by atoms with E-state index in [9.17, 15) is 0 Å². The van der Waals surface area contributed by atoms with E-state index in [2.05, 4.69) is 12.2 Å². The van der Waals surface area contributed by atoms with Gasteiger partial charge < -0.3 is 14.8 Å².